The molecule has 1 aliphatic heterocycles. The van der Waals surface area contributed by atoms with Crippen molar-refractivity contribution in [3.05, 3.63) is 45.6 Å². The second kappa shape index (κ2) is 10.0. The van der Waals surface area contributed by atoms with Crippen molar-refractivity contribution in [1.29, 1.82) is 0 Å². The lowest BCUT2D eigenvalue weighted by Gasteiger charge is -2.34. The van der Waals surface area contributed by atoms with Crippen molar-refractivity contribution >= 4 is 40.6 Å². The molecule has 4 rings (SSSR count). The Morgan fingerprint density at radius 2 is 2.00 bits per heavy atom. The van der Waals surface area contributed by atoms with E-state index >= 15 is 0 Å². The number of ether oxygens (including phenoxy) is 1. The van der Waals surface area contributed by atoms with Gasteiger partial charge in [0.05, 0.1) is 17.2 Å². The van der Waals surface area contributed by atoms with Gasteiger partial charge < -0.3 is 14.2 Å². The number of hydrogen-bond acceptors (Lipinski definition) is 7. The van der Waals surface area contributed by atoms with E-state index in [-0.39, 0.29) is 5.91 Å². The summed E-state index contributed by atoms with van der Waals surface area (Å²) in [4.78, 5) is 18.3. The van der Waals surface area contributed by atoms with E-state index in [2.05, 4.69) is 21.2 Å². The zero-order valence-electron chi connectivity index (χ0n) is 17.5. The van der Waals surface area contributed by atoms with Gasteiger partial charge >= 0.3 is 0 Å². The fraction of sp³-hybridized carbons (Fsp3) is 0.381. The van der Waals surface area contributed by atoms with Crippen LogP contribution in [0, 0.1) is 0 Å². The van der Waals surface area contributed by atoms with Crippen molar-refractivity contribution in [2.75, 3.05) is 39.0 Å². The van der Waals surface area contributed by atoms with E-state index < -0.39 is 0 Å². The highest BCUT2D eigenvalue weighted by Crippen LogP contribution is 2.26. The molecule has 1 aliphatic rings. The summed E-state index contributed by atoms with van der Waals surface area (Å²) in [6.07, 6.45) is 0. The van der Waals surface area contributed by atoms with Gasteiger partial charge in [-0.2, -0.15) is 0 Å². The molecule has 164 valence electrons. The minimum atomic E-state index is 0.134. The zero-order chi connectivity index (χ0) is 21.8. The molecule has 1 saturated heterocycles. The van der Waals surface area contributed by atoms with Crippen LogP contribution in [-0.2, 0) is 18.4 Å². The quantitative estimate of drug-likeness (QED) is 0.484. The molecular weight excluding hydrogens is 454 g/mol. The van der Waals surface area contributed by atoms with Gasteiger partial charge in [0.1, 0.15) is 5.75 Å². The lowest BCUT2D eigenvalue weighted by Crippen LogP contribution is -2.48. The molecule has 2 aromatic heterocycles. The number of halogens is 1. The maximum absolute atomic E-state index is 12.7. The summed E-state index contributed by atoms with van der Waals surface area (Å²) in [7, 11) is 3.55. The first-order valence-electron chi connectivity index (χ1n) is 9.94. The average Bonchev–Trinajstić information content (AvgIpc) is 3.37. The van der Waals surface area contributed by atoms with Crippen LogP contribution in [0.25, 0.3) is 11.4 Å². The summed E-state index contributed by atoms with van der Waals surface area (Å²) >= 11 is 9.05. The van der Waals surface area contributed by atoms with E-state index in [9.17, 15) is 4.79 Å². The molecule has 0 N–H and O–H groups in total. The predicted octanol–water partition coefficient (Wildman–Crippen LogP) is 3.64. The number of rotatable bonds is 7. The van der Waals surface area contributed by atoms with Gasteiger partial charge in [-0.25, -0.2) is 0 Å². The maximum atomic E-state index is 12.7. The third-order valence-corrected chi connectivity index (χ3v) is 7.44. The molecule has 7 nitrogen and oxygen atoms in total. The fourth-order valence-electron chi connectivity index (χ4n) is 3.48. The van der Waals surface area contributed by atoms with Crippen LogP contribution >= 0.6 is 34.7 Å². The highest BCUT2D eigenvalue weighted by molar-refractivity contribution is 7.99. The minimum Gasteiger partial charge on any atom is -0.497 e. The van der Waals surface area contributed by atoms with Crippen molar-refractivity contribution in [1.82, 2.24) is 24.6 Å². The predicted molar refractivity (Wildman–Crippen MR) is 125 cm³/mol. The topological polar surface area (TPSA) is 63.5 Å². The van der Waals surface area contributed by atoms with E-state index in [1.807, 2.05) is 46.8 Å². The van der Waals surface area contributed by atoms with Crippen LogP contribution in [0.5, 0.6) is 5.75 Å². The number of piperazine rings is 1. The summed E-state index contributed by atoms with van der Waals surface area (Å²) in [5.74, 6) is 2.00. The van der Waals surface area contributed by atoms with Gasteiger partial charge in [-0.15, -0.1) is 21.5 Å². The number of hydrogen-bond donors (Lipinski definition) is 0. The number of amides is 1. The van der Waals surface area contributed by atoms with Gasteiger partial charge in [0.15, 0.2) is 11.0 Å². The highest BCUT2D eigenvalue weighted by Gasteiger charge is 2.22. The van der Waals surface area contributed by atoms with Crippen molar-refractivity contribution in [3.8, 4) is 17.1 Å². The van der Waals surface area contributed by atoms with Gasteiger partial charge in [0.25, 0.3) is 0 Å². The number of aromatic nitrogens is 3. The number of benzene rings is 1. The maximum Gasteiger partial charge on any atom is 0.233 e. The van der Waals surface area contributed by atoms with Gasteiger partial charge in [-0.3, -0.25) is 9.69 Å². The van der Waals surface area contributed by atoms with Crippen LogP contribution in [0.3, 0.4) is 0 Å². The number of carbonyl (C=O) groups excluding carboxylic acids is 1. The molecule has 0 aliphatic carbocycles. The Balaban J connectivity index is 1.29. The first-order valence-corrected chi connectivity index (χ1v) is 12.1. The number of carbonyl (C=O) groups is 1. The van der Waals surface area contributed by atoms with Crippen LogP contribution in [0.1, 0.15) is 4.88 Å². The second-order valence-electron chi connectivity index (χ2n) is 7.25. The molecule has 3 heterocycles. The molecule has 1 fully saturated rings. The van der Waals surface area contributed by atoms with Gasteiger partial charge in [-0.1, -0.05) is 35.5 Å². The Morgan fingerprint density at radius 3 is 2.71 bits per heavy atom. The highest BCUT2D eigenvalue weighted by atomic mass is 35.5. The third-order valence-electron chi connectivity index (χ3n) is 5.22. The van der Waals surface area contributed by atoms with Gasteiger partial charge in [0, 0.05) is 50.2 Å². The summed E-state index contributed by atoms with van der Waals surface area (Å²) < 4.78 is 8.02. The van der Waals surface area contributed by atoms with Crippen LogP contribution in [0.2, 0.25) is 4.34 Å². The summed E-state index contributed by atoms with van der Waals surface area (Å²) in [5, 5.41) is 9.29. The first-order chi connectivity index (χ1) is 15.0. The number of methoxy groups -OCH3 is 1. The second-order valence-corrected chi connectivity index (χ2v) is 9.99. The van der Waals surface area contributed by atoms with Gasteiger partial charge in [-0.05, 0) is 24.3 Å². The molecule has 1 aromatic carbocycles. The van der Waals surface area contributed by atoms with Crippen LogP contribution in [-0.4, -0.2) is 69.5 Å². The number of thiophene rings is 1. The molecule has 10 heteroatoms. The molecule has 0 saturated carbocycles. The molecule has 0 unspecified atom stereocenters. The number of nitrogens with zero attached hydrogens (tertiary/aromatic N) is 5. The molecule has 0 spiro atoms. The first kappa shape index (κ1) is 22.1. The van der Waals surface area contributed by atoms with Crippen LogP contribution in [0.4, 0.5) is 0 Å². The molecule has 3 aromatic rings. The van der Waals surface area contributed by atoms with Crippen LogP contribution < -0.4 is 4.74 Å². The fourth-order valence-corrected chi connectivity index (χ4v) is 5.43. The Bertz CT molecular complexity index is 1050. The number of thioether (sulfide) groups is 1. The normalized spacial score (nSPS) is 14.7. The third kappa shape index (κ3) is 5.41. The lowest BCUT2D eigenvalue weighted by atomic mass is 10.2. The van der Waals surface area contributed by atoms with Crippen molar-refractivity contribution < 1.29 is 9.53 Å². The lowest BCUT2D eigenvalue weighted by molar-refractivity contribution is -0.130. The van der Waals surface area contributed by atoms with E-state index in [1.165, 1.54) is 16.6 Å². The molecule has 0 atom stereocenters. The van der Waals surface area contributed by atoms with Crippen molar-refractivity contribution in [2.24, 2.45) is 7.05 Å². The molecule has 1 amide bonds. The monoisotopic (exact) mass is 477 g/mol. The average molecular weight is 478 g/mol. The molecule has 0 bridgehead atoms. The Morgan fingerprint density at radius 1 is 1.19 bits per heavy atom. The SMILES string of the molecule is COc1cccc(-c2nnc(SCC(=O)N3CCN(Cc4ccc(Cl)s4)CC3)n2C)c1. The van der Waals surface area contributed by atoms with Crippen molar-refractivity contribution in [3.63, 3.8) is 0 Å². The molecular formula is C21H24ClN5O2S2. The van der Waals surface area contributed by atoms with E-state index in [0.717, 1.165) is 59.4 Å². The van der Waals surface area contributed by atoms with E-state index in [0.29, 0.717) is 5.75 Å². The van der Waals surface area contributed by atoms with Crippen LogP contribution in [0.15, 0.2) is 41.6 Å². The minimum absolute atomic E-state index is 0.134. The summed E-state index contributed by atoms with van der Waals surface area (Å²) in [6, 6.07) is 11.7. The van der Waals surface area contributed by atoms with Gasteiger partial charge in [0.2, 0.25) is 5.91 Å². The standard InChI is InChI=1S/C21H24ClN5O2S2/c1-25-20(15-4-3-5-16(12-15)29-2)23-24-21(25)30-14-19(28)27-10-8-26(9-11-27)13-17-6-7-18(22)31-17/h3-7,12H,8-11,13-14H2,1-2H3. The Labute approximate surface area is 195 Å². The Kier molecular flexibility index (Phi) is 7.16. The Hall–Kier alpha value is -2.07. The van der Waals surface area contributed by atoms with E-state index in [1.54, 1.807) is 18.4 Å². The van der Waals surface area contributed by atoms with Crippen molar-refractivity contribution in [2.45, 2.75) is 11.7 Å². The summed E-state index contributed by atoms with van der Waals surface area (Å²) in [5.41, 5.74) is 0.927. The largest absolute Gasteiger partial charge is 0.497 e. The molecule has 31 heavy (non-hydrogen) atoms. The van der Waals surface area contributed by atoms with E-state index in [4.69, 9.17) is 16.3 Å². The smallest absolute Gasteiger partial charge is 0.233 e. The molecule has 0 radical (unpaired) electrons. The zero-order valence-corrected chi connectivity index (χ0v) is 19.8. The summed E-state index contributed by atoms with van der Waals surface area (Å²) in [6.45, 7) is 4.12.